The maximum absolute atomic E-state index is 12.5. The molecule has 1 aromatic rings. The number of carbonyl (C=O) groups is 2. The van der Waals surface area contributed by atoms with Crippen molar-refractivity contribution >= 4 is 34.8 Å². The van der Waals surface area contributed by atoms with E-state index in [-0.39, 0.29) is 23.7 Å². The number of imide groups is 1. The van der Waals surface area contributed by atoms with Crippen molar-refractivity contribution in [3.05, 3.63) is 22.7 Å². The van der Waals surface area contributed by atoms with Crippen LogP contribution in [0.1, 0.15) is 31.2 Å². The minimum atomic E-state index is -0.146. The van der Waals surface area contributed by atoms with Gasteiger partial charge in [-0.2, -0.15) is 0 Å². The van der Waals surface area contributed by atoms with Crippen LogP contribution < -0.4 is 10.6 Å². The third-order valence-corrected chi connectivity index (χ3v) is 4.72. The molecule has 106 valence electrons. The van der Waals surface area contributed by atoms with Gasteiger partial charge in [-0.3, -0.25) is 9.59 Å². The predicted molar refractivity (Wildman–Crippen MR) is 78.5 cm³/mol. The summed E-state index contributed by atoms with van der Waals surface area (Å²) in [4.78, 5) is 26.4. The molecule has 1 saturated heterocycles. The number of hydrogen-bond donors (Lipinski definition) is 1. The smallest absolute Gasteiger partial charge is 0.237 e. The van der Waals surface area contributed by atoms with Crippen LogP contribution in [0.15, 0.2) is 12.1 Å². The molecule has 20 heavy (non-hydrogen) atoms. The van der Waals surface area contributed by atoms with Crippen LogP contribution in [0.25, 0.3) is 0 Å². The highest BCUT2D eigenvalue weighted by molar-refractivity contribution is 6.34. The van der Waals surface area contributed by atoms with E-state index >= 15 is 0 Å². The molecule has 0 spiro atoms. The number of halogens is 1. The zero-order chi connectivity index (χ0) is 14.4. The number of fused-ring (bicyclic) bond motifs is 1. The Bertz CT molecular complexity index is 576. The monoisotopic (exact) mass is 292 g/mol. The fraction of sp³-hybridized carbons (Fsp3) is 0.467. The molecule has 5 heteroatoms. The summed E-state index contributed by atoms with van der Waals surface area (Å²) in [5.41, 5.74) is 7.59. The fourth-order valence-corrected chi connectivity index (χ4v) is 3.49. The second kappa shape index (κ2) is 4.77. The SMILES string of the molecule is Cc1cc(N)c(Cl)cc1N1C(=O)C2CCCCC2C1=O. The highest BCUT2D eigenvalue weighted by atomic mass is 35.5. The summed E-state index contributed by atoms with van der Waals surface area (Å²) in [6.07, 6.45) is 3.67. The molecular formula is C15H17ClN2O2. The van der Waals surface area contributed by atoms with Gasteiger partial charge in [-0.1, -0.05) is 24.4 Å². The molecule has 0 aromatic heterocycles. The topological polar surface area (TPSA) is 63.4 Å². The van der Waals surface area contributed by atoms with Crippen molar-refractivity contribution in [1.29, 1.82) is 0 Å². The molecule has 2 aliphatic rings. The number of nitrogens with two attached hydrogens (primary N) is 1. The van der Waals surface area contributed by atoms with Crippen molar-refractivity contribution in [2.45, 2.75) is 32.6 Å². The van der Waals surface area contributed by atoms with Crippen molar-refractivity contribution in [2.24, 2.45) is 11.8 Å². The van der Waals surface area contributed by atoms with Gasteiger partial charge in [0.05, 0.1) is 28.2 Å². The number of carbonyl (C=O) groups excluding carboxylic acids is 2. The quantitative estimate of drug-likeness (QED) is 0.639. The Morgan fingerprint density at radius 3 is 2.25 bits per heavy atom. The highest BCUT2D eigenvalue weighted by Crippen LogP contribution is 2.41. The van der Waals surface area contributed by atoms with Gasteiger partial charge in [0.2, 0.25) is 11.8 Å². The van der Waals surface area contributed by atoms with E-state index in [0.717, 1.165) is 31.2 Å². The molecular weight excluding hydrogens is 276 g/mol. The molecule has 0 radical (unpaired) electrons. The maximum Gasteiger partial charge on any atom is 0.237 e. The van der Waals surface area contributed by atoms with Crippen molar-refractivity contribution in [3.8, 4) is 0 Å². The van der Waals surface area contributed by atoms with Crippen LogP contribution in [0.5, 0.6) is 0 Å². The summed E-state index contributed by atoms with van der Waals surface area (Å²) in [5.74, 6) is -0.453. The fourth-order valence-electron chi connectivity index (χ4n) is 3.33. The van der Waals surface area contributed by atoms with Gasteiger partial charge < -0.3 is 5.73 Å². The number of nitrogens with zero attached hydrogens (tertiary/aromatic N) is 1. The molecule has 2 amide bonds. The van der Waals surface area contributed by atoms with Crippen LogP contribution in [0.3, 0.4) is 0 Å². The lowest BCUT2D eigenvalue weighted by atomic mass is 9.81. The van der Waals surface area contributed by atoms with Gasteiger partial charge in [-0.25, -0.2) is 4.90 Å². The van der Waals surface area contributed by atoms with E-state index in [0.29, 0.717) is 16.4 Å². The molecule has 1 aliphatic carbocycles. The van der Waals surface area contributed by atoms with Gasteiger partial charge in [-0.15, -0.1) is 0 Å². The van der Waals surface area contributed by atoms with Gasteiger partial charge in [0, 0.05) is 0 Å². The van der Waals surface area contributed by atoms with E-state index in [9.17, 15) is 9.59 Å². The van der Waals surface area contributed by atoms with Crippen molar-refractivity contribution < 1.29 is 9.59 Å². The van der Waals surface area contributed by atoms with Gasteiger partial charge in [-0.05, 0) is 37.5 Å². The largest absolute Gasteiger partial charge is 0.398 e. The normalized spacial score (nSPS) is 26.0. The Morgan fingerprint density at radius 2 is 1.70 bits per heavy atom. The van der Waals surface area contributed by atoms with E-state index in [4.69, 9.17) is 17.3 Å². The van der Waals surface area contributed by atoms with Gasteiger partial charge in [0.15, 0.2) is 0 Å². The third kappa shape index (κ3) is 1.90. The molecule has 4 nitrogen and oxygen atoms in total. The molecule has 1 heterocycles. The Kier molecular flexibility index (Phi) is 3.21. The van der Waals surface area contributed by atoms with Crippen molar-refractivity contribution in [1.82, 2.24) is 0 Å². The van der Waals surface area contributed by atoms with Crippen LogP contribution in [-0.4, -0.2) is 11.8 Å². The van der Waals surface area contributed by atoms with Crippen molar-refractivity contribution in [2.75, 3.05) is 10.6 Å². The first-order chi connectivity index (χ1) is 9.50. The number of rotatable bonds is 1. The lowest BCUT2D eigenvalue weighted by Crippen LogP contribution is -2.31. The van der Waals surface area contributed by atoms with E-state index in [1.807, 2.05) is 6.92 Å². The van der Waals surface area contributed by atoms with E-state index in [1.54, 1.807) is 12.1 Å². The first-order valence-electron chi connectivity index (χ1n) is 6.94. The Morgan fingerprint density at radius 1 is 1.15 bits per heavy atom. The predicted octanol–water partition coefficient (Wildman–Crippen LogP) is 2.91. The molecule has 0 bridgehead atoms. The number of benzene rings is 1. The van der Waals surface area contributed by atoms with Crippen molar-refractivity contribution in [3.63, 3.8) is 0 Å². The molecule has 2 fully saturated rings. The Balaban J connectivity index is 2.04. The number of anilines is 2. The minimum Gasteiger partial charge on any atom is -0.398 e. The molecule has 3 rings (SSSR count). The highest BCUT2D eigenvalue weighted by Gasteiger charge is 2.49. The molecule has 2 unspecified atom stereocenters. The summed E-state index contributed by atoms with van der Waals surface area (Å²) >= 11 is 6.04. The summed E-state index contributed by atoms with van der Waals surface area (Å²) in [7, 11) is 0. The minimum absolute atomic E-state index is 0.0800. The van der Waals surface area contributed by atoms with E-state index in [2.05, 4.69) is 0 Å². The molecule has 1 saturated carbocycles. The lowest BCUT2D eigenvalue weighted by molar-refractivity contribution is -0.122. The zero-order valence-electron chi connectivity index (χ0n) is 11.4. The second-order valence-electron chi connectivity index (χ2n) is 5.67. The number of aryl methyl sites for hydroxylation is 1. The second-order valence-corrected chi connectivity index (χ2v) is 6.08. The zero-order valence-corrected chi connectivity index (χ0v) is 12.1. The Hall–Kier alpha value is -1.55. The number of hydrogen-bond acceptors (Lipinski definition) is 3. The molecule has 2 atom stereocenters. The maximum atomic E-state index is 12.5. The summed E-state index contributed by atoms with van der Waals surface area (Å²) < 4.78 is 0. The van der Waals surface area contributed by atoms with Gasteiger partial charge >= 0.3 is 0 Å². The lowest BCUT2D eigenvalue weighted by Gasteiger charge is -2.19. The van der Waals surface area contributed by atoms with Crippen LogP contribution in [0.2, 0.25) is 5.02 Å². The summed E-state index contributed by atoms with van der Waals surface area (Å²) in [6, 6.07) is 3.33. The molecule has 2 N–H and O–H groups in total. The average Bonchev–Trinajstić information content (AvgIpc) is 2.68. The average molecular weight is 293 g/mol. The molecule has 1 aromatic carbocycles. The summed E-state index contributed by atoms with van der Waals surface area (Å²) in [6.45, 7) is 1.84. The van der Waals surface area contributed by atoms with Crippen LogP contribution >= 0.6 is 11.6 Å². The summed E-state index contributed by atoms with van der Waals surface area (Å²) in [5, 5.41) is 0.376. The van der Waals surface area contributed by atoms with Crippen LogP contribution in [0.4, 0.5) is 11.4 Å². The van der Waals surface area contributed by atoms with E-state index in [1.165, 1.54) is 4.90 Å². The number of amides is 2. The van der Waals surface area contributed by atoms with Gasteiger partial charge in [0.25, 0.3) is 0 Å². The standard InChI is InChI=1S/C15H17ClN2O2/c1-8-6-12(17)11(16)7-13(8)18-14(19)9-4-2-3-5-10(9)15(18)20/h6-7,9-10H,2-5,17H2,1H3. The van der Waals surface area contributed by atoms with Crippen LogP contribution in [-0.2, 0) is 9.59 Å². The Labute approximate surface area is 122 Å². The van der Waals surface area contributed by atoms with Gasteiger partial charge in [0.1, 0.15) is 0 Å². The molecule has 1 aliphatic heterocycles. The van der Waals surface area contributed by atoms with E-state index < -0.39 is 0 Å². The first kappa shape index (κ1) is 13.4. The number of nitrogen functional groups attached to an aromatic ring is 1. The first-order valence-corrected chi connectivity index (χ1v) is 7.32. The third-order valence-electron chi connectivity index (χ3n) is 4.40. The van der Waals surface area contributed by atoms with Crippen LogP contribution in [0, 0.1) is 18.8 Å².